The van der Waals surface area contributed by atoms with Gasteiger partial charge in [0, 0.05) is 19.5 Å². The van der Waals surface area contributed by atoms with E-state index in [2.05, 4.69) is 56.1 Å². The second-order valence-electron chi connectivity index (χ2n) is 6.97. The van der Waals surface area contributed by atoms with Crippen LogP contribution < -0.4 is 0 Å². The first-order valence-electron chi connectivity index (χ1n) is 9.44. The van der Waals surface area contributed by atoms with E-state index < -0.39 is 0 Å². The van der Waals surface area contributed by atoms with Crippen LogP contribution in [0.1, 0.15) is 15.9 Å². The van der Waals surface area contributed by atoms with Gasteiger partial charge in [0.25, 0.3) is 5.91 Å². The van der Waals surface area contributed by atoms with Crippen molar-refractivity contribution in [3.63, 3.8) is 0 Å². The normalized spacial score (nSPS) is 17.0. The van der Waals surface area contributed by atoms with Gasteiger partial charge in [-0.15, -0.1) is 5.10 Å². The van der Waals surface area contributed by atoms with Gasteiger partial charge in [0.2, 0.25) is 0 Å². The van der Waals surface area contributed by atoms with E-state index in [0.717, 1.165) is 6.42 Å². The monoisotopic (exact) mass is 389 g/mol. The number of benzene rings is 2. The van der Waals surface area contributed by atoms with Crippen LogP contribution in [0.3, 0.4) is 0 Å². The lowest BCUT2D eigenvalue weighted by molar-refractivity contribution is -0.0206. The van der Waals surface area contributed by atoms with Crippen LogP contribution in [0, 0.1) is 0 Å². The van der Waals surface area contributed by atoms with Gasteiger partial charge in [-0.2, -0.15) is 9.78 Å². The Morgan fingerprint density at radius 3 is 3.00 bits per heavy atom. The molecular formula is C20H19N7O2. The zero-order valence-corrected chi connectivity index (χ0v) is 15.6. The minimum atomic E-state index is -0.115. The molecule has 2 aromatic carbocycles. The van der Waals surface area contributed by atoms with Gasteiger partial charge in [0.1, 0.15) is 11.9 Å². The number of aromatic amines is 1. The molecule has 1 fully saturated rings. The number of fused-ring (bicyclic) bond motifs is 1. The molecule has 1 amide bonds. The number of hydrogen-bond acceptors (Lipinski definition) is 6. The van der Waals surface area contributed by atoms with Gasteiger partial charge in [-0.3, -0.25) is 9.89 Å². The molecule has 1 saturated heterocycles. The second-order valence-corrected chi connectivity index (χ2v) is 6.97. The third kappa shape index (κ3) is 3.36. The maximum absolute atomic E-state index is 13.1. The van der Waals surface area contributed by atoms with E-state index in [1.54, 1.807) is 4.90 Å². The van der Waals surface area contributed by atoms with Crippen LogP contribution in [0.2, 0.25) is 0 Å². The Balaban J connectivity index is 1.35. The summed E-state index contributed by atoms with van der Waals surface area (Å²) in [7, 11) is 0. The number of rotatable bonds is 4. The molecular weight excluding hydrogens is 370 g/mol. The van der Waals surface area contributed by atoms with E-state index in [-0.39, 0.29) is 12.0 Å². The highest BCUT2D eigenvalue weighted by Gasteiger charge is 2.28. The number of morpholine rings is 1. The fraction of sp³-hybridized carbons (Fsp3) is 0.250. The van der Waals surface area contributed by atoms with Crippen molar-refractivity contribution in [2.75, 3.05) is 19.7 Å². The summed E-state index contributed by atoms with van der Waals surface area (Å²) in [4.78, 5) is 14.9. The van der Waals surface area contributed by atoms with Crippen LogP contribution >= 0.6 is 0 Å². The number of amides is 1. The zero-order chi connectivity index (χ0) is 19.6. The molecule has 0 spiro atoms. The Kier molecular flexibility index (Phi) is 4.49. The van der Waals surface area contributed by atoms with Crippen molar-refractivity contribution < 1.29 is 9.53 Å². The van der Waals surface area contributed by atoms with Gasteiger partial charge in [-0.25, -0.2) is 0 Å². The van der Waals surface area contributed by atoms with E-state index >= 15 is 0 Å². The Bertz CT molecular complexity index is 1130. The molecule has 2 aromatic heterocycles. The number of tetrazole rings is 1. The standard InChI is InChI=1S/C20H19N7O2/c28-20(18-11-21-23-19(18)27-13-22-24-25-27)26-8-9-29-16(12-26)10-15-6-3-5-14-4-1-2-7-17(14)15/h1-7,11,13,16H,8-10,12H2,(H,21,23). The van der Waals surface area contributed by atoms with Gasteiger partial charge in [0.05, 0.1) is 18.9 Å². The van der Waals surface area contributed by atoms with Gasteiger partial charge < -0.3 is 9.64 Å². The molecule has 1 aliphatic heterocycles. The van der Waals surface area contributed by atoms with Crippen LogP contribution in [0.25, 0.3) is 16.6 Å². The van der Waals surface area contributed by atoms with E-state index in [4.69, 9.17) is 4.74 Å². The first-order valence-corrected chi connectivity index (χ1v) is 9.44. The Hall–Kier alpha value is -3.59. The first-order chi connectivity index (χ1) is 14.3. The van der Waals surface area contributed by atoms with E-state index in [1.807, 2.05) is 12.1 Å². The molecule has 1 unspecified atom stereocenters. The molecule has 1 aliphatic rings. The summed E-state index contributed by atoms with van der Waals surface area (Å²) in [5, 5.41) is 20.3. The van der Waals surface area contributed by atoms with Gasteiger partial charge in [0.15, 0.2) is 5.82 Å². The highest BCUT2D eigenvalue weighted by Crippen LogP contribution is 2.22. The third-order valence-corrected chi connectivity index (χ3v) is 5.18. The quantitative estimate of drug-likeness (QED) is 0.569. The molecule has 3 heterocycles. The number of aromatic nitrogens is 6. The zero-order valence-electron chi connectivity index (χ0n) is 15.6. The lowest BCUT2D eigenvalue weighted by Crippen LogP contribution is -2.46. The second kappa shape index (κ2) is 7.44. The van der Waals surface area contributed by atoms with Crippen molar-refractivity contribution in [1.82, 2.24) is 35.3 Å². The van der Waals surface area contributed by atoms with Crippen LogP contribution in [0.5, 0.6) is 0 Å². The predicted octanol–water partition coefficient (Wildman–Crippen LogP) is 1.62. The smallest absolute Gasteiger partial charge is 0.259 e. The number of carbonyl (C=O) groups excluding carboxylic acids is 1. The summed E-state index contributed by atoms with van der Waals surface area (Å²) in [5.41, 5.74) is 1.66. The Morgan fingerprint density at radius 2 is 2.10 bits per heavy atom. The Labute approximate surface area is 166 Å². The summed E-state index contributed by atoms with van der Waals surface area (Å²) in [6.45, 7) is 1.55. The summed E-state index contributed by atoms with van der Waals surface area (Å²) in [5.74, 6) is 0.340. The number of nitrogens with one attached hydrogen (secondary N) is 1. The minimum Gasteiger partial charge on any atom is -0.374 e. The average molecular weight is 389 g/mol. The third-order valence-electron chi connectivity index (χ3n) is 5.18. The molecule has 1 N–H and O–H groups in total. The van der Waals surface area contributed by atoms with Gasteiger partial charge >= 0.3 is 0 Å². The topological polar surface area (TPSA) is 102 Å². The molecule has 0 aliphatic carbocycles. The van der Waals surface area contributed by atoms with E-state index in [0.29, 0.717) is 31.1 Å². The fourth-order valence-corrected chi connectivity index (χ4v) is 3.79. The molecule has 9 heteroatoms. The van der Waals surface area contributed by atoms with E-state index in [1.165, 1.54) is 33.5 Å². The average Bonchev–Trinajstić information content (AvgIpc) is 3.45. The van der Waals surface area contributed by atoms with Crippen molar-refractivity contribution in [3.05, 3.63) is 66.1 Å². The van der Waals surface area contributed by atoms with Crippen molar-refractivity contribution in [2.24, 2.45) is 0 Å². The molecule has 4 aromatic rings. The molecule has 9 nitrogen and oxygen atoms in total. The molecule has 146 valence electrons. The lowest BCUT2D eigenvalue weighted by Gasteiger charge is -2.33. The molecule has 1 atom stereocenters. The van der Waals surface area contributed by atoms with Crippen molar-refractivity contribution in [1.29, 1.82) is 0 Å². The van der Waals surface area contributed by atoms with Crippen molar-refractivity contribution >= 4 is 16.7 Å². The van der Waals surface area contributed by atoms with Crippen molar-refractivity contribution in [3.8, 4) is 5.82 Å². The lowest BCUT2D eigenvalue weighted by atomic mass is 9.99. The number of nitrogens with zero attached hydrogens (tertiary/aromatic N) is 6. The maximum Gasteiger partial charge on any atom is 0.259 e. The summed E-state index contributed by atoms with van der Waals surface area (Å²) < 4.78 is 7.37. The first kappa shape index (κ1) is 17.5. The summed E-state index contributed by atoms with van der Waals surface area (Å²) >= 11 is 0. The molecule has 29 heavy (non-hydrogen) atoms. The van der Waals surface area contributed by atoms with Crippen molar-refractivity contribution in [2.45, 2.75) is 12.5 Å². The molecule has 0 saturated carbocycles. The van der Waals surface area contributed by atoms with E-state index in [9.17, 15) is 4.79 Å². The summed E-state index contributed by atoms with van der Waals surface area (Å²) in [6, 6.07) is 14.6. The van der Waals surface area contributed by atoms with Gasteiger partial charge in [-0.05, 0) is 26.8 Å². The maximum atomic E-state index is 13.1. The fourth-order valence-electron chi connectivity index (χ4n) is 3.79. The SMILES string of the molecule is O=C(c1cn[nH]c1-n1cnnn1)N1CCOC(Cc2cccc3ccccc23)C1. The molecule has 5 rings (SSSR count). The molecule has 0 radical (unpaired) electrons. The number of carbonyl (C=O) groups is 1. The summed E-state index contributed by atoms with van der Waals surface area (Å²) in [6.07, 6.45) is 3.61. The number of hydrogen-bond donors (Lipinski definition) is 1. The highest BCUT2D eigenvalue weighted by molar-refractivity contribution is 5.97. The van der Waals surface area contributed by atoms with Crippen LogP contribution in [-0.2, 0) is 11.2 Å². The number of ether oxygens (including phenoxy) is 1. The number of H-pyrrole nitrogens is 1. The van der Waals surface area contributed by atoms with Crippen LogP contribution in [0.15, 0.2) is 55.0 Å². The largest absolute Gasteiger partial charge is 0.374 e. The minimum absolute atomic E-state index is 0.0677. The van der Waals surface area contributed by atoms with Crippen LogP contribution in [0.4, 0.5) is 0 Å². The molecule has 0 bridgehead atoms. The van der Waals surface area contributed by atoms with Crippen LogP contribution in [-0.4, -0.2) is 67.0 Å². The van der Waals surface area contributed by atoms with Gasteiger partial charge in [-0.1, -0.05) is 42.5 Å². The Morgan fingerprint density at radius 1 is 1.21 bits per heavy atom. The predicted molar refractivity (Wildman–Crippen MR) is 105 cm³/mol. The highest BCUT2D eigenvalue weighted by atomic mass is 16.5.